The molecule has 0 aliphatic carbocycles. The first kappa shape index (κ1) is 15.7. The lowest BCUT2D eigenvalue weighted by molar-refractivity contribution is 0.628. The normalized spacial score (nSPS) is 11.5. The number of aromatic nitrogens is 5. The van der Waals surface area contributed by atoms with Crippen molar-refractivity contribution in [1.82, 2.24) is 24.3 Å². The second kappa shape index (κ2) is 6.02. The van der Waals surface area contributed by atoms with E-state index in [1.54, 1.807) is 24.5 Å². The predicted molar refractivity (Wildman–Crippen MR) is 102 cm³/mol. The zero-order valence-electron chi connectivity index (χ0n) is 14.6. The van der Waals surface area contributed by atoms with E-state index in [1.807, 2.05) is 25.3 Å². The molecule has 5 aromatic rings. The van der Waals surface area contributed by atoms with E-state index in [2.05, 4.69) is 25.4 Å². The van der Waals surface area contributed by atoms with Gasteiger partial charge in [0.15, 0.2) is 0 Å². The number of H-pyrrole nitrogens is 1. The zero-order chi connectivity index (χ0) is 18.4. The molecule has 0 aliphatic heterocycles. The van der Waals surface area contributed by atoms with Crippen LogP contribution in [0.4, 0.5) is 4.39 Å². The van der Waals surface area contributed by atoms with Crippen LogP contribution < -0.4 is 0 Å². The van der Waals surface area contributed by atoms with Gasteiger partial charge in [0.25, 0.3) is 0 Å². The second-order valence-corrected chi connectivity index (χ2v) is 6.60. The summed E-state index contributed by atoms with van der Waals surface area (Å²) in [5.41, 5.74) is 6.50. The highest BCUT2D eigenvalue weighted by atomic mass is 19.1. The van der Waals surface area contributed by atoms with E-state index in [-0.39, 0.29) is 5.82 Å². The van der Waals surface area contributed by atoms with Crippen molar-refractivity contribution in [2.24, 2.45) is 0 Å². The number of rotatable bonds is 3. The van der Waals surface area contributed by atoms with Gasteiger partial charge >= 0.3 is 0 Å². The smallest absolute Gasteiger partial charge is 0.137 e. The summed E-state index contributed by atoms with van der Waals surface area (Å²) in [6.07, 6.45) is 6.09. The first-order valence-corrected chi connectivity index (χ1v) is 8.69. The number of nitrogens with zero attached hydrogens (tertiary/aromatic N) is 4. The fourth-order valence-electron chi connectivity index (χ4n) is 3.36. The standard InChI is InChI=1S/C21H16FN5/c1-13-7-9-27-18(11-19-24-16-6-8-23-12-17(16)25-19)21(26-20(27)10-13)14-2-4-15(22)5-3-14/h2-10,12H,11H2,1H3,(H,24,25). The third kappa shape index (κ3) is 2.75. The zero-order valence-corrected chi connectivity index (χ0v) is 14.6. The number of pyridine rings is 2. The number of halogens is 1. The fraction of sp³-hybridized carbons (Fsp3) is 0.0952. The minimum Gasteiger partial charge on any atom is -0.340 e. The highest BCUT2D eigenvalue weighted by Crippen LogP contribution is 2.27. The summed E-state index contributed by atoms with van der Waals surface area (Å²) < 4.78 is 15.4. The van der Waals surface area contributed by atoms with Gasteiger partial charge in [-0.15, -0.1) is 0 Å². The quantitative estimate of drug-likeness (QED) is 0.523. The van der Waals surface area contributed by atoms with Crippen LogP contribution in [-0.4, -0.2) is 24.3 Å². The Morgan fingerprint density at radius 1 is 1.07 bits per heavy atom. The van der Waals surface area contributed by atoms with Crippen LogP contribution in [0.25, 0.3) is 27.9 Å². The molecule has 5 nitrogen and oxygen atoms in total. The van der Waals surface area contributed by atoms with Crippen molar-refractivity contribution >= 4 is 16.7 Å². The van der Waals surface area contributed by atoms with E-state index in [0.717, 1.165) is 45.0 Å². The molecule has 0 fully saturated rings. The van der Waals surface area contributed by atoms with Gasteiger partial charge in [0.1, 0.15) is 17.3 Å². The Morgan fingerprint density at radius 3 is 2.74 bits per heavy atom. The van der Waals surface area contributed by atoms with E-state index in [9.17, 15) is 4.39 Å². The Bertz CT molecular complexity index is 1230. The number of benzene rings is 1. The maximum absolute atomic E-state index is 13.4. The lowest BCUT2D eigenvalue weighted by atomic mass is 10.1. The van der Waals surface area contributed by atoms with Crippen LogP contribution in [0.2, 0.25) is 0 Å². The third-order valence-corrected chi connectivity index (χ3v) is 4.67. The number of nitrogens with one attached hydrogen (secondary N) is 1. The van der Waals surface area contributed by atoms with Crippen LogP contribution in [0, 0.1) is 12.7 Å². The summed E-state index contributed by atoms with van der Waals surface area (Å²) in [6.45, 7) is 2.04. The third-order valence-electron chi connectivity index (χ3n) is 4.67. The predicted octanol–water partition coefficient (Wildman–Crippen LogP) is 4.31. The highest BCUT2D eigenvalue weighted by molar-refractivity contribution is 5.74. The largest absolute Gasteiger partial charge is 0.340 e. The summed E-state index contributed by atoms with van der Waals surface area (Å²) >= 11 is 0. The van der Waals surface area contributed by atoms with E-state index in [0.29, 0.717) is 6.42 Å². The molecule has 132 valence electrons. The maximum Gasteiger partial charge on any atom is 0.137 e. The lowest BCUT2D eigenvalue weighted by Gasteiger charge is -2.04. The number of aromatic amines is 1. The van der Waals surface area contributed by atoms with Gasteiger partial charge in [0, 0.05) is 24.4 Å². The molecular weight excluding hydrogens is 341 g/mol. The highest BCUT2D eigenvalue weighted by Gasteiger charge is 2.16. The number of fused-ring (bicyclic) bond motifs is 2. The molecule has 0 bridgehead atoms. The topological polar surface area (TPSA) is 58.9 Å². The second-order valence-electron chi connectivity index (χ2n) is 6.60. The minimum absolute atomic E-state index is 0.260. The van der Waals surface area contributed by atoms with Gasteiger partial charge in [0.05, 0.1) is 28.6 Å². The molecular formula is C21H16FN5. The molecule has 6 heteroatoms. The molecule has 0 radical (unpaired) electrons. The van der Waals surface area contributed by atoms with Crippen molar-refractivity contribution in [1.29, 1.82) is 0 Å². The fourth-order valence-corrected chi connectivity index (χ4v) is 3.36. The van der Waals surface area contributed by atoms with Crippen molar-refractivity contribution in [3.8, 4) is 11.3 Å². The number of hydrogen-bond donors (Lipinski definition) is 1. The van der Waals surface area contributed by atoms with E-state index in [1.165, 1.54) is 12.1 Å². The summed E-state index contributed by atoms with van der Waals surface area (Å²) in [4.78, 5) is 16.9. The Kier molecular flexibility index (Phi) is 3.50. The summed E-state index contributed by atoms with van der Waals surface area (Å²) in [5.74, 6) is 0.577. The average molecular weight is 357 g/mol. The lowest BCUT2D eigenvalue weighted by Crippen LogP contribution is -1.98. The summed E-state index contributed by atoms with van der Waals surface area (Å²) in [6, 6.07) is 12.4. The number of imidazole rings is 2. The SMILES string of the molecule is Cc1ccn2c(Cc3nc4ccncc4[nH]3)c(-c3ccc(F)cc3)nc2c1. The van der Waals surface area contributed by atoms with Crippen molar-refractivity contribution in [2.75, 3.05) is 0 Å². The Morgan fingerprint density at radius 2 is 1.93 bits per heavy atom. The molecule has 0 unspecified atom stereocenters. The van der Waals surface area contributed by atoms with Crippen LogP contribution in [0.5, 0.6) is 0 Å². The Labute approximate surface area is 154 Å². The van der Waals surface area contributed by atoms with Gasteiger partial charge in [-0.05, 0) is 55.0 Å². The van der Waals surface area contributed by atoms with Crippen molar-refractivity contribution < 1.29 is 4.39 Å². The van der Waals surface area contributed by atoms with Gasteiger partial charge in [0.2, 0.25) is 0 Å². The van der Waals surface area contributed by atoms with E-state index in [4.69, 9.17) is 4.98 Å². The molecule has 0 spiro atoms. The first-order valence-electron chi connectivity index (χ1n) is 8.69. The Hall–Kier alpha value is -3.54. The van der Waals surface area contributed by atoms with Crippen molar-refractivity contribution in [3.05, 3.63) is 84.0 Å². The summed E-state index contributed by atoms with van der Waals surface area (Å²) in [5, 5.41) is 0. The molecule has 0 aliphatic rings. The van der Waals surface area contributed by atoms with Gasteiger partial charge < -0.3 is 9.38 Å². The van der Waals surface area contributed by atoms with Gasteiger partial charge in [-0.3, -0.25) is 4.98 Å². The molecule has 0 saturated carbocycles. The monoisotopic (exact) mass is 357 g/mol. The van der Waals surface area contributed by atoms with Gasteiger partial charge in [-0.2, -0.15) is 0 Å². The molecule has 5 rings (SSSR count). The van der Waals surface area contributed by atoms with E-state index < -0.39 is 0 Å². The molecule has 1 N–H and O–H groups in total. The van der Waals surface area contributed by atoms with Crippen LogP contribution in [0.1, 0.15) is 17.1 Å². The van der Waals surface area contributed by atoms with Gasteiger partial charge in [-0.1, -0.05) is 0 Å². The first-order chi connectivity index (χ1) is 13.2. The molecule has 4 aromatic heterocycles. The molecule has 0 atom stereocenters. The van der Waals surface area contributed by atoms with E-state index >= 15 is 0 Å². The van der Waals surface area contributed by atoms with Gasteiger partial charge in [-0.25, -0.2) is 14.4 Å². The van der Waals surface area contributed by atoms with Crippen molar-refractivity contribution in [2.45, 2.75) is 13.3 Å². The molecule has 1 aromatic carbocycles. The maximum atomic E-state index is 13.4. The molecule has 0 amide bonds. The average Bonchev–Trinajstić information content (AvgIpc) is 3.23. The molecule has 4 heterocycles. The summed E-state index contributed by atoms with van der Waals surface area (Å²) in [7, 11) is 0. The van der Waals surface area contributed by atoms with Crippen LogP contribution >= 0.6 is 0 Å². The number of aryl methyl sites for hydroxylation is 1. The van der Waals surface area contributed by atoms with Crippen LogP contribution in [0.3, 0.4) is 0 Å². The molecule has 27 heavy (non-hydrogen) atoms. The van der Waals surface area contributed by atoms with Crippen molar-refractivity contribution in [3.63, 3.8) is 0 Å². The van der Waals surface area contributed by atoms with Crippen LogP contribution in [-0.2, 0) is 6.42 Å². The molecule has 0 saturated heterocycles. The minimum atomic E-state index is -0.260. The van der Waals surface area contributed by atoms with Crippen LogP contribution in [0.15, 0.2) is 61.1 Å². The Balaban J connectivity index is 1.68. The number of hydrogen-bond acceptors (Lipinski definition) is 3.